The quantitative estimate of drug-likeness (QED) is 0.539. The third-order valence-corrected chi connectivity index (χ3v) is 4.65. The van der Waals surface area contributed by atoms with Gasteiger partial charge in [0.15, 0.2) is 11.5 Å². The maximum absolute atomic E-state index is 5.76. The zero-order chi connectivity index (χ0) is 17.8. The second-order valence-electron chi connectivity index (χ2n) is 5.78. The number of nitrogen functional groups attached to an aromatic ring is 1. The second kappa shape index (κ2) is 7.45. The maximum atomic E-state index is 5.76. The highest BCUT2D eigenvalue weighted by atomic mass is 32.1. The van der Waals surface area contributed by atoms with Gasteiger partial charge in [-0.05, 0) is 28.8 Å². The summed E-state index contributed by atoms with van der Waals surface area (Å²) in [4.78, 5) is 4.09. The fourth-order valence-electron chi connectivity index (χ4n) is 2.60. The van der Waals surface area contributed by atoms with Gasteiger partial charge in [-0.3, -0.25) is 5.43 Å². The van der Waals surface area contributed by atoms with Crippen LogP contribution in [0.2, 0.25) is 0 Å². The van der Waals surface area contributed by atoms with Crippen LogP contribution in [-0.2, 0) is 0 Å². The van der Waals surface area contributed by atoms with E-state index in [1.165, 1.54) is 11.3 Å². The molecule has 0 amide bonds. The van der Waals surface area contributed by atoms with Crippen molar-refractivity contribution in [3.05, 3.63) is 53.4 Å². The predicted molar refractivity (Wildman–Crippen MR) is 105 cm³/mol. The molecule has 0 atom stereocenters. The number of ether oxygens (including phenoxy) is 2. The molecule has 0 bridgehead atoms. The molecule has 0 saturated heterocycles. The second-order valence-corrected chi connectivity index (χ2v) is 6.64. The van der Waals surface area contributed by atoms with Crippen molar-refractivity contribution >= 4 is 28.5 Å². The number of nitrogens with two attached hydrogens (primary N) is 1. The molecule has 2 heterocycles. The summed E-state index contributed by atoms with van der Waals surface area (Å²) >= 11 is 1.41. The van der Waals surface area contributed by atoms with Crippen molar-refractivity contribution in [2.45, 2.75) is 6.42 Å². The van der Waals surface area contributed by atoms with Gasteiger partial charge in [0.1, 0.15) is 5.82 Å². The number of thiazole rings is 1. The van der Waals surface area contributed by atoms with Gasteiger partial charge >= 0.3 is 0 Å². The molecule has 2 aromatic carbocycles. The summed E-state index contributed by atoms with van der Waals surface area (Å²) in [6.45, 7) is 1.38. The molecule has 132 valence electrons. The number of hydrogen-bond acceptors (Lipinski definition) is 7. The summed E-state index contributed by atoms with van der Waals surface area (Å²) in [7, 11) is 0. The summed E-state index contributed by atoms with van der Waals surface area (Å²) in [5, 5.41) is 6.61. The minimum atomic E-state index is 0.493. The largest absolute Gasteiger partial charge is 0.490 e. The van der Waals surface area contributed by atoms with Crippen LogP contribution in [0.25, 0.3) is 11.1 Å². The Bertz CT molecular complexity index is 922. The Labute approximate surface area is 155 Å². The van der Waals surface area contributed by atoms with Gasteiger partial charge in [-0.15, -0.1) is 11.3 Å². The molecule has 1 aromatic heterocycles. The standard InChI is InChI=1S/C19H18N4O2S/c20-18-12-26-19(22-18)23-21-11-13-2-4-14(5-3-13)15-6-7-16-17(10-15)25-9-1-8-24-16/h2-7,10-12H,1,8-9,20H2,(H,22,23). The lowest BCUT2D eigenvalue weighted by molar-refractivity contribution is 0.297. The topological polar surface area (TPSA) is 81.8 Å². The van der Waals surface area contributed by atoms with Crippen LogP contribution in [0.5, 0.6) is 11.5 Å². The van der Waals surface area contributed by atoms with E-state index < -0.39 is 0 Å². The van der Waals surface area contributed by atoms with Crippen molar-refractivity contribution in [3.8, 4) is 22.6 Å². The average Bonchev–Trinajstić information content (AvgIpc) is 2.94. The number of nitrogens with one attached hydrogen (secondary N) is 1. The highest BCUT2D eigenvalue weighted by Gasteiger charge is 2.11. The number of hydrogen-bond donors (Lipinski definition) is 2. The van der Waals surface area contributed by atoms with Crippen molar-refractivity contribution in [2.75, 3.05) is 24.4 Å². The first-order valence-corrected chi connectivity index (χ1v) is 9.16. The molecule has 0 aliphatic carbocycles. The van der Waals surface area contributed by atoms with Crippen LogP contribution in [0.3, 0.4) is 0 Å². The van der Waals surface area contributed by atoms with Crippen molar-refractivity contribution in [1.82, 2.24) is 4.98 Å². The summed E-state index contributed by atoms with van der Waals surface area (Å²) in [6, 6.07) is 14.2. The van der Waals surface area contributed by atoms with E-state index in [1.54, 1.807) is 11.6 Å². The molecule has 0 spiro atoms. The molecule has 7 heteroatoms. The molecule has 4 rings (SSSR count). The Kier molecular flexibility index (Phi) is 4.70. The highest BCUT2D eigenvalue weighted by molar-refractivity contribution is 7.14. The monoisotopic (exact) mass is 366 g/mol. The molecule has 0 radical (unpaired) electrons. The first-order chi connectivity index (χ1) is 12.8. The van der Waals surface area contributed by atoms with Gasteiger partial charge in [-0.1, -0.05) is 30.3 Å². The van der Waals surface area contributed by atoms with Gasteiger partial charge in [0.25, 0.3) is 0 Å². The minimum absolute atomic E-state index is 0.493. The molecule has 26 heavy (non-hydrogen) atoms. The summed E-state index contributed by atoms with van der Waals surface area (Å²) in [6.07, 6.45) is 2.65. The number of benzene rings is 2. The third-order valence-electron chi connectivity index (χ3n) is 3.89. The Morgan fingerprint density at radius 3 is 2.58 bits per heavy atom. The van der Waals surface area contributed by atoms with E-state index >= 15 is 0 Å². The van der Waals surface area contributed by atoms with E-state index in [1.807, 2.05) is 30.3 Å². The van der Waals surface area contributed by atoms with Gasteiger partial charge in [0, 0.05) is 11.8 Å². The number of rotatable bonds is 4. The first-order valence-electron chi connectivity index (χ1n) is 8.28. The van der Waals surface area contributed by atoms with Gasteiger partial charge < -0.3 is 15.2 Å². The van der Waals surface area contributed by atoms with Gasteiger partial charge in [0.2, 0.25) is 5.13 Å². The molecule has 6 nitrogen and oxygen atoms in total. The van der Waals surface area contributed by atoms with E-state index in [-0.39, 0.29) is 0 Å². The number of fused-ring (bicyclic) bond motifs is 1. The van der Waals surface area contributed by atoms with Crippen LogP contribution in [0.4, 0.5) is 10.9 Å². The summed E-state index contributed by atoms with van der Waals surface area (Å²) < 4.78 is 11.4. The normalized spacial score (nSPS) is 13.5. The van der Waals surface area contributed by atoms with Crippen LogP contribution >= 0.6 is 11.3 Å². The molecule has 1 aliphatic rings. The SMILES string of the molecule is Nc1csc(NN=Cc2ccc(-c3ccc4c(c3)OCCCO4)cc2)n1. The Hall–Kier alpha value is -3.06. The highest BCUT2D eigenvalue weighted by Crippen LogP contribution is 2.34. The van der Waals surface area contributed by atoms with E-state index in [9.17, 15) is 0 Å². The summed E-state index contributed by atoms with van der Waals surface area (Å²) in [5.74, 6) is 2.11. The van der Waals surface area contributed by atoms with Crippen LogP contribution in [0.1, 0.15) is 12.0 Å². The Morgan fingerprint density at radius 1 is 1.04 bits per heavy atom. The molecular weight excluding hydrogens is 348 g/mol. The minimum Gasteiger partial charge on any atom is -0.490 e. The van der Waals surface area contributed by atoms with Crippen LogP contribution in [-0.4, -0.2) is 24.4 Å². The fraction of sp³-hybridized carbons (Fsp3) is 0.158. The Morgan fingerprint density at radius 2 is 1.81 bits per heavy atom. The predicted octanol–water partition coefficient (Wildman–Crippen LogP) is 4.00. The van der Waals surface area contributed by atoms with E-state index in [2.05, 4.69) is 27.6 Å². The zero-order valence-corrected chi connectivity index (χ0v) is 14.8. The molecular formula is C19H18N4O2S. The molecule has 0 unspecified atom stereocenters. The van der Waals surface area contributed by atoms with Gasteiger partial charge in [0.05, 0.1) is 19.4 Å². The van der Waals surface area contributed by atoms with Gasteiger partial charge in [-0.2, -0.15) is 5.10 Å². The van der Waals surface area contributed by atoms with E-state index in [0.717, 1.165) is 34.6 Å². The summed E-state index contributed by atoms with van der Waals surface area (Å²) in [5.41, 5.74) is 11.6. The number of anilines is 2. The smallest absolute Gasteiger partial charge is 0.205 e. The molecule has 0 saturated carbocycles. The van der Waals surface area contributed by atoms with E-state index in [0.29, 0.717) is 24.2 Å². The molecule has 0 fully saturated rings. The van der Waals surface area contributed by atoms with Crippen molar-refractivity contribution < 1.29 is 9.47 Å². The average molecular weight is 366 g/mol. The maximum Gasteiger partial charge on any atom is 0.205 e. The van der Waals surface area contributed by atoms with Crippen LogP contribution < -0.4 is 20.6 Å². The molecule has 3 N–H and O–H groups in total. The number of hydrazone groups is 1. The lowest BCUT2D eigenvalue weighted by Gasteiger charge is -2.09. The zero-order valence-electron chi connectivity index (χ0n) is 14.0. The lowest BCUT2D eigenvalue weighted by Crippen LogP contribution is -1.97. The Balaban J connectivity index is 1.46. The van der Waals surface area contributed by atoms with Crippen LogP contribution in [0.15, 0.2) is 52.9 Å². The fourth-order valence-corrected chi connectivity index (χ4v) is 3.15. The lowest BCUT2D eigenvalue weighted by atomic mass is 10.0. The van der Waals surface area contributed by atoms with Crippen molar-refractivity contribution in [2.24, 2.45) is 5.10 Å². The molecule has 1 aliphatic heterocycles. The van der Waals surface area contributed by atoms with Crippen molar-refractivity contribution in [1.29, 1.82) is 0 Å². The van der Waals surface area contributed by atoms with E-state index in [4.69, 9.17) is 15.2 Å². The number of aromatic nitrogens is 1. The molecule has 3 aromatic rings. The first kappa shape index (κ1) is 16.4. The third kappa shape index (κ3) is 3.78. The van der Waals surface area contributed by atoms with Crippen LogP contribution in [0, 0.1) is 0 Å². The number of nitrogens with zero attached hydrogens (tertiary/aromatic N) is 2. The van der Waals surface area contributed by atoms with Gasteiger partial charge in [-0.25, -0.2) is 4.98 Å². The van der Waals surface area contributed by atoms with Crippen molar-refractivity contribution in [3.63, 3.8) is 0 Å².